The van der Waals surface area contributed by atoms with Crippen molar-refractivity contribution in [3.63, 3.8) is 0 Å². The molecule has 1 aliphatic carbocycles. The number of aryl methyl sites for hydroxylation is 2. The largest absolute Gasteiger partial charge is 0.345 e. The zero-order valence-corrected chi connectivity index (χ0v) is 15.5. The summed E-state index contributed by atoms with van der Waals surface area (Å²) in [6.07, 6.45) is 12.1. The van der Waals surface area contributed by atoms with Crippen LogP contribution in [-0.2, 0) is 6.42 Å². The maximum Gasteiger partial charge on any atom is 0.131 e. The summed E-state index contributed by atoms with van der Waals surface area (Å²) in [6, 6.07) is 9.71. The van der Waals surface area contributed by atoms with Crippen molar-refractivity contribution in [1.29, 1.82) is 0 Å². The van der Waals surface area contributed by atoms with Gasteiger partial charge in [-0.05, 0) is 54.5 Å². The molecule has 0 unspecified atom stereocenters. The van der Waals surface area contributed by atoms with E-state index in [1.54, 1.807) is 12.4 Å². The van der Waals surface area contributed by atoms with Crippen molar-refractivity contribution >= 4 is 11.0 Å². The van der Waals surface area contributed by atoms with E-state index in [1.165, 1.54) is 44.9 Å². The second-order valence-corrected chi connectivity index (χ2v) is 7.75. The highest BCUT2D eigenvalue weighted by Crippen LogP contribution is 2.31. The number of benzene rings is 2. The van der Waals surface area contributed by atoms with E-state index in [-0.39, 0.29) is 5.82 Å². The predicted molar refractivity (Wildman–Crippen MR) is 106 cm³/mol. The minimum absolute atomic E-state index is 0.127. The predicted octanol–water partition coefficient (Wildman–Crippen LogP) is 6.58. The Morgan fingerprint density at radius 3 is 2.69 bits per heavy atom. The van der Waals surface area contributed by atoms with E-state index in [4.69, 9.17) is 0 Å². The molecule has 1 fully saturated rings. The number of rotatable bonds is 5. The number of imidazole rings is 1. The second-order valence-electron chi connectivity index (χ2n) is 7.75. The van der Waals surface area contributed by atoms with Gasteiger partial charge in [-0.25, -0.2) is 9.37 Å². The Balaban J connectivity index is 1.47. The van der Waals surface area contributed by atoms with Gasteiger partial charge in [0.2, 0.25) is 0 Å². The van der Waals surface area contributed by atoms with E-state index >= 15 is 0 Å². The van der Waals surface area contributed by atoms with Crippen molar-refractivity contribution in [3.05, 3.63) is 53.6 Å². The summed E-state index contributed by atoms with van der Waals surface area (Å²) in [7, 11) is 0. The molecule has 26 heavy (non-hydrogen) atoms. The Morgan fingerprint density at radius 1 is 1.08 bits per heavy atom. The number of hydrogen-bond acceptors (Lipinski definition) is 1. The summed E-state index contributed by atoms with van der Waals surface area (Å²) < 4.78 is 14.8. The van der Waals surface area contributed by atoms with Crippen LogP contribution in [0.5, 0.6) is 0 Å². The molecule has 0 radical (unpaired) electrons. The maximum atomic E-state index is 14.8. The summed E-state index contributed by atoms with van der Waals surface area (Å²) in [4.78, 5) is 7.47. The van der Waals surface area contributed by atoms with Crippen LogP contribution in [-0.4, -0.2) is 9.97 Å². The van der Waals surface area contributed by atoms with Crippen LogP contribution in [0.2, 0.25) is 0 Å². The van der Waals surface area contributed by atoms with Gasteiger partial charge < -0.3 is 4.98 Å². The van der Waals surface area contributed by atoms with Gasteiger partial charge in [-0.15, -0.1) is 0 Å². The molecule has 0 saturated heterocycles. The van der Waals surface area contributed by atoms with Gasteiger partial charge >= 0.3 is 0 Å². The minimum atomic E-state index is -0.127. The van der Waals surface area contributed by atoms with Crippen LogP contribution in [0.4, 0.5) is 4.39 Å². The van der Waals surface area contributed by atoms with Crippen LogP contribution in [0.15, 0.2) is 36.7 Å². The Labute approximate surface area is 154 Å². The standard InChI is InChI=1S/C23H27FN2/c1-16-19(12-13-22-23(16)26-15-25-22)20-11-10-18(14-21(20)24)9-5-8-17-6-3-2-4-7-17/h10-15,17H,2-9H2,1H3,(H,25,26). The molecule has 1 aromatic heterocycles. The lowest BCUT2D eigenvalue weighted by molar-refractivity contribution is 0.332. The number of halogens is 1. The summed E-state index contributed by atoms with van der Waals surface area (Å²) in [5.74, 6) is 0.772. The first-order valence-corrected chi connectivity index (χ1v) is 9.94. The lowest BCUT2D eigenvalue weighted by Gasteiger charge is -2.21. The molecule has 0 spiro atoms. The molecular weight excluding hydrogens is 323 g/mol. The fourth-order valence-electron chi connectivity index (χ4n) is 4.44. The van der Waals surface area contributed by atoms with Crippen LogP contribution in [0.3, 0.4) is 0 Å². The van der Waals surface area contributed by atoms with Crippen LogP contribution >= 0.6 is 0 Å². The topological polar surface area (TPSA) is 28.7 Å². The summed E-state index contributed by atoms with van der Waals surface area (Å²) in [5.41, 5.74) is 5.64. The zero-order valence-electron chi connectivity index (χ0n) is 15.5. The van der Waals surface area contributed by atoms with E-state index in [0.717, 1.165) is 40.1 Å². The second kappa shape index (κ2) is 7.61. The van der Waals surface area contributed by atoms with Crippen molar-refractivity contribution in [2.75, 3.05) is 0 Å². The van der Waals surface area contributed by atoms with Crippen molar-refractivity contribution in [3.8, 4) is 11.1 Å². The lowest BCUT2D eigenvalue weighted by atomic mass is 9.85. The van der Waals surface area contributed by atoms with Gasteiger partial charge in [0.1, 0.15) is 5.82 Å². The first-order chi connectivity index (χ1) is 12.7. The third-order valence-electron chi connectivity index (χ3n) is 5.97. The van der Waals surface area contributed by atoms with Crippen molar-refractivity contribution < 1.29 is 4.39 Å². The third-order valence-corrected chi connectivity index (χ3v) is 5.97. The number of aromatic amines is 1. The Morgan fingerprint density at radius 2 is 1.88 bits per heavy atom. The smallest absolute Gasteiger partial charge is 0.131 e. The number of H-pyrrole nitrogens is 1. The average molecular weight is 350 g/mol. The minimum Gasteiger partial charge on any atom is -0.345 e. The van der Waals surface area contributed by atoms with Crippen LogP contribution in [0.1, 0.15) is 56.1 Å². The maximum absolute atomic E-state index is 14.8. The van der Waals surface area contributed by atoms with E-state index in [0.29, 0.717) is 5.56 Å². The fourth-order valence-corrected chi connectivity index (χ4v) is 4.44. The molecule has 1 aliphatic rings. The average Bonchev–Trinajstić information content (AvgIpc) is 3.13. The lowest BCUT2D eigenvalue weighted by Crippen LogP contribution is -2.06. The monoisotopic (exact) mass is 350 g/mol. The molecule has 0 amide bonds. The van der Waals surface area contributed by atoms with Crippen molar-refractivity contribution in [2.24, 2.45) is 5.92 Å². The first-order valence-electron chi connectivity index (χ1n) is 9.94. The molecule has 3 heteroatoms. The van der Waals surface area contributed by atoms with Gasteiger partial charge in [-0.3, -0.25) is 0 Å². The van der Waals surface area contributed by atoms with E-state index in [9.17, 15) is 4.39 Å². The van der Waals surface area contributed by atoms with Crippen molar-refractivity contribution in [1.82, 2.24) is 9.97 Å². The van der Waals surface area contributed by atoms with Gasteiger partial charge in [0.05, 0.1) is 17.4 Å². The molecule has 0 aliphatic heterocycles. The summed E-state index contributed by atoms with van der Waals surface area (Å²) >= 11 is 0. The van der Waals surface area contributed by atoms with Crippen LogP contribution < -0.4 is 0 Å². The van der Waals surface area contributed by atoms with Crippen LogP contribution in [0, 0.1) is 18.7 Å². The Bertz CT molecular complexity index is 890. The molecule has 4 rings (SSSR count). The molecule has 1 N–H and O–H groups in total. The highest BCUT2D eigenvalue weighted by atomic mass is 19.1. The molecule has 0 bridgehead atoms. The molecular formula is C23H27FN2. The highest BCUT2D eigenvalue weighted by Gasteiger charge is 2.14. The fraction of sp³-hybridized carbons (Fsp3) is 0.435. The SMILES string of the molecule is Cc1c(-c2ccc(CCCC3CCCCC3)cc2F)ccc2[nH]cnc12. The molecule has 136 valence electrons. The highest BCUT2D eigenvalue weighted by molar-refractivity contribution is 5.86. The Kier molecular flexibility index (Phi) is 5.05. The molecule has 2 nitrogen and oxygen atoms in total. The molecule has 2 aromatic carbocycles. The normalized spacial score (nSPS) is 15.6. The summed E-state index contributed by atoms with van der Waals surface area (Å²) in [5, 5.41) is 0. The molecule has 3 aromatic rings. The quantitative estimate of drug-likeness (QED) is 0.553. The molecule has 0 atom stereocenters. The number of fused-ring (bicyclic) bond motifs is 1. The van der Waals surface area contributed by atoms with Crippen LogP contribution in [0.25, 0.3) is 22.2 Å². The van der Waals surface area contributed by atoms with E-state index < -0.39 is 0 Å². The molecule has 1 saturated carbocycles. The third kappa shape index (κ3) is 3.53. The number of hydrogen-bond donors (Lipinski definition) is 1. The van der Waals surface area contributed by atoms with Gasteiger partial charge in [-0.1, -0.05) is 56.7 Å². The Hall–Kier alpha value is -2.16. The zero-order chi connectivity index (χ0) is 17.9. The summed E-state index contributed by atoms with van der Waals surface area (Å²) in [6.45, 7) is 2.01. The van der Waals surface area contributed by atoms with E-state index in [2.05, 4.69) is 16.0 Å². The van der Waals surface area contributed by atoms with Gasteiger partial charge in [0.15, 0.2) is 0 Å². The number of nitrogens with zero attached hydrogens (tertiary/aromatic N) is 1. The number of nitrogens with one attached hydrogen (secondary N) is 1. The molecule has 1 heterocycles. The van der Waals surface area contributed by atoms with Gasteiger partial charge in [0.25, 0.3) is 0 Å². The van der Waals surface area contributed by atoms with Crippen molar-refractivity contribution in [2.45, 2.75) is 58.3 Å². The van der Waals surface area contributed by atoms with E-state index in [1.807, 2.05) is 25.1 Å². The number of aromatic nitrogens is 2. The van der Waals surface area contributed by atoms with Gasteiger partial charge in [-0.2, -0.15) is 0 Å². The van der Waals surface area contributed by atoms with Gasteiger partial charge in [0, 0.05) is 5.56 Å². The first kappa shape index (κ1) is 17.3.